The average Bonchev–Trinajstić information content (AvgIpc) is 3.64. The summed E-state index contributed by atoms with van der Waals surface area (Å²) in [6, 6.07) is 67.2. The summed E-state index contributed by atoms with van der Waals surface area (Å²) in [6.45, 7) is 10.1. The fourth-order valence-electron chi connectivity index (χ4n) is 9.01. The lowest BCUT2D eigenvalue weighted by Crippen LogP contribution is -2.29. The van der Waals surface area contributed by atoms with E-state index in [9.17, 15) is 2.74 Å². The summed E-state index contributed by atoms with van der Waals surface area (Å²) in [5, 5.41) is 4.73. The first-order valence-corrected chi connectivity index (χ1v) is 19.8. The maximum Gasteiger partial charge on any atom is 0.0714 e. The molecule has 1 unspecified atom stereocenters. The Hall–Kier alpha value is -7.22. The van der Waals surface area contributed by atoms with Crippen LogP contribution in [0, 0.1) is 0 Å². The van der Waals surface area contributed by atoms with Gasteiger partial charge in [-0.2, -0.15) is 0 Å². The van der Waals surface area contributed by atoms with Crippen molar-refractivity contribution >= 4 is 32.8 Å². The van der Waals surface area contributed by atoms with E-state index < -0.39 is 5.41 Å². The third-order valence-corrected chi connectivity index (χ3v) is 11.6. The molecule has 0 aliphatic heterocycles. The van der Waals surface area contributed by atoms with Crippen molar-refractivity contribution in [1.29, 1.82) is 0 Å². The number of hydrogen-bond acceptors (Lipinski definition) is 1. The van der Waals surface area contributed by atoms with Crippen molar-refractivity contribution < 1.29 is 4.11 Å². The van der Waals surface area contributed by atoms with Crippen LogP contribution >= 0.6 is 0 Å². The van der Waals surface area contributed by atoms with Gasteiger partial charge in [-0.05, 0) is 102 Å². The monoisotopic (exact) mass is 746 g/mol. The zero-order valence-electron chi connectivity index (χ0n) is 35.4. The Balaban J connectivity index is 1.32. The highest BCUT2D eigenvalue weighted by Crippen LogP contribution is 2.55. The van der Waals surface area contributed by atoms with Crippen molar-refractivity contribution in [3.8, 4) is 11.1 Å². The summed E-state index contributed by atoms with van der Waals surface area (Å²) in [7, 11) is 0. The number of benzene rings is 8. The van der Waals surface area contributed by atoms with Crippen LogP contribution in [0.1, 0.15) is 44.3 Å². The third-order valence-electron chi connectivity index (χ3n) is 11.6. The molecule has 1 heteroatoms. The first-order valence-electron chi connectivity index (χ1n) is 21.4. The van der Waals surface area contributed by atoms with Crippen molar-refractivity contribution in [3.63, 3.8) is 0 Å². The molecule has 0 fully saturated rings. The number of hydrogen-bond donors (Lipinski definition) is 0. The SMILES string of the molecule is [2H]C=C([2H])C1=C(/C([2H])=C/N(C(=C)C(CC=C)c2ccccc2)c2cccc(-c3cc4ccccc4c4ccccc34)c2)C(c2ccccc2)(c2ccccc2)c2ccccc21. The Bertz CT molecular complexity index is 2980. The van der Waals surface area contributed by atoms with Crippen LogP contribution in [0.5, 0.6) is 0 Å². The zero-order valence-corrected chi connectivity index (χ0v) is 32.4. The van der Waals surface area contributed by atoms with Gasteiger partial charge in [0.2, 0.25) is 0 Å². The number of allylic oxidation sites excluding steroid dienone is 6. The molecule has 0 amide bonds. The number of fused-ring (bicyclic) bond motifs is 4. The first-order chi connectivity index (χ1) is 29.9. The van der Waals surface area contributed by atoms with E-state index in [1.165, 1.54) is 16.2 Å². The predicted molar refractivity (Wildman–Crippen MR) is 248 cm³/mol. The van der Waals surface area contributed by atoms with Gasteiger partial charge >= 0.3 is 0 Å². The van der Waals surface area contributed by atoms with Gasteiger partial charge in [0.15, 0.2) is 0 Å². The Morgan fingerprint density at radius 3 is 1.97 bits per heavy atom. The molecule has 1 aliphatic rings. The fourth-order valence-corrected chi connectivity index (χ4v) is 9.01. The molecule has 0 aromatic heterocycles. The second-order valence-electron chi connectivity index (χ2n) is 14.8. The predicted octanol–water partition coefficient (Wildman–Crippen LogP) is 14.8. The molecule has 8 aromatic carbocycles. The largest absolute Gasteiger partial charge is 0.321 e. The molecule has 0 saturated carbocycles. The minimum atomic E-state index is -0.976. The second-order valence-corrected chi connectivity index (χ2v) is 14.8. The van der Waals surface area contributed by atoms with Gasteiger partial charge in [0.1, 0.15) is 0 Å². The maximum atomic E-state index is 10.5. The molecule has 0 saturated heterocycles. The Labute approximate surface area is 346 Å². The quantitative estimate of drug-likeness (QED) is 0.0889. The average molecular weight is 747 g/mol. The summed E-state index contributed by atoms with van der Waals surface area (Å²) in [5.74, 6) is -0.157. The van der Waals surface area contributed by atoms with E-state index in [0.717, 1.165) is 62.3 Å². The minimum Gasteiger partial charge on any atom is -0.321 e. The van der Waals surface area contributed by atoms with Crippen LogP contribution in [0.15, 0.2) is 249 Å². The van der Waals surface area contributed by atoms with E-state index >= 15 is 0 Å². The van der Waals surface area contributed by atoms with Crippen molar-refractivity contribution in [3.05, 3.63) is 277 Å². The topological polar surface area (TPSA) is 3.24 Å². The summed E-state index contributed by atoms with van der Waals surface area (Å²) < 4.78 is 28.3. The highest BCUT2D eigenvalue weighted by Gasteiger charge is 2.46. The van der Waals surface area contributed by atoms with Crippen molar-refractivity contribution in [2.45, 2.75) is 17.8 Å². The molecule has 278 valence electrons. The smallest absolute Gasteiger partial charge is 0.0714 e. The number of anilines is 1. The molecular weight excluding hydrogens is 699 g/mol. The van der Waals surface area contributed by atoms with Crippen molar-refractivity contribution in [2.24, 2.45) is 0 Å². The van der Waals surface area contributed by atoms with Gasteiger partial charge in [0.05, 0.1) is 9.53 Å². The van der Waals surface area contributed by atoms with Gasteiger partial charge in [-0.1, -0.05) is 201 Å². The van der Waals surface area contributed by atoms with Crippen LogP contribution < -0.4 is 4.90 Å². The molecule has 9 rings (SSSR count). The minimum absolute atomic E-state index is 0.0405. The third kappa shape index (κ3) is 6.22. The van der Waals surface area contributed by atoms with Crippen LogP contribution in [0.25, 0.3) is 38.2 Å². The highest BCUT2D eigenvalue weighted by atomic mass is 15.1. The number of nitrogens with zero attached hydrogens (tertiary/aromatic N) is 1. The highest BCUT2D eigenvalue weighted by molar-refractivity contribution is 6.13. The molecular formula is C57H45N. The summed E-state index contributed by atoms with van der Waals surface area (Å²) in [6.07, 6.45) is 4.45. The Morgan fingerprint density at radius 1 is 0.638 bits per heavy atom. The van der Waals surface area contributed by atoms with Crippen LogP contribution in [-0.2, 0) is 5.41 Å². The lowest BCUT2D eigenvalue weighted by atomic mass is 9.67. The molecule has 0 heterocycles. The molecule has 58 heavy (non-hydrogen) atoms. The Morgan fingerprint density at radius 2 is 1.26 bits per heavy atom. The van der Waals surface area contributed by atoms with Crippen LogP contribution in [0.3, 0.4) is 0 Å². The van der Waals surface area contributed by atoms with E-state index in [1.54, 1.807) is 0 Å². The van der Waals surface area contributed by atoms with E-state index in [4.69, 9.17) is 7.95 Å². The van der Waals surface area contributed by atoms with Gasteiger partial charge < -0.3 is 4.90 Å². The van der Waals surface area contributed by atoms with Crippen LogP contribution in [-0.4, -0.2) is 0 Å². The van der Waals surface area contributed by atoms with Gasteiger partial charge in [0, 0.05) is 23.5 Å². The molecule has 1 atom stereocenters. The molecule has 0 spiro atoms. The lowest BCUT2D eigenvalue weighted by Gasteiger charge is -2.35. The van der Waals surface area contributed by atoms with Crippen LogP contribution in [0.2, 0.25) is 0 Å². The van der Waals surface area contributed by atoms with Crippen molar-refractivity contribution in [2.75, 3.05) is 4.90 Å². The Kier molecular flexibility index (Phi) is 8.94. The van der Waals surface area contributed by atoms with Crippen LogP contribution in [0.4, 0.5) is 5.69 Å². The second kappa shape index (κ2) is 15.7. The summed E-state index contributed by atoms with van der Waals surface area (Å²) in [5.41, 5.74) is 8.84. The van der Waals surface area contributed by atoms with Gasteiger partial charge in [-0.25, -0.2) is 0 Å². The summed E-state index contributed by atoms with van der Waals surface area (Å²) >= 11 is 0. The molecule has 0 radical (unpaired) electrons. The van der Waals surface area contributed by atoms with E-state index in [2.05, 4.69) is 133 Å². The molecule has 1 nitrogen and oxygen atoms in total. The van der Waals surface area contributed by atoms with Gasteiger partial charge in [0.25, 0.3) is 0 Å². The van der Waals surface area contributed by atoms with E-state index in [-0.39, 0.29) is 18.0 Å². The van der Waals surface area contributed by atoms with Gasteiger partial charge in [-0.15, -0.1) is 6.58 Å². The molecule has 0 bridgehead atoms. The number of rotatable bonds is 12. The standard InChI is InChI=1S/C57H45N/c1-4-22-49(42-23-9-6-10-24-42)41(3)58(47-31-21-26-43(39-47)54-40-44-25-15-16-32-50(44)51-33-17-18-34-52(51)54)38-37-56-48(5-2)53-35-19-20-36-55(53)57(56,45-27-11-7-12-28-45)46-29-13-8-14-30-46/h4-21,23-40,49H,1-3,22H2/b38-37+/i2D,5D,37D/b5-2?,38-37+. The molecule has 0 N–H and O–H groups in total. The normalized spacial score (nSPS) is 15.0. The van der Waals surface area contributed by atoms with Crippen molar-refractivity contribution in [1.82, 2.24) is 0 Å². The molecule has 8 aromatic rings. The molecule has 1 aliphatic carbocycles. The lowest BCUT2D eigenvalue weighted by molar-refractivity contribution is 0.758. The van der Waals surface area contributed by atoms with E-state index in [0.29, 0.717) is 17.6 Å². The maximum absolute atomic E-state index is 10.5. The fraction of sp³-hybridized carbons (Fsp3) is 0.0526. The zero-order chi connectivity index (χ0) is 41.9. The first kappa shape index (κ1) is 33.0. The van der Waals surface area contributed by atoms with E-state index in [1.807, 2.05) is 85.1 Å². The summed E-state index contributed by atoms with van der Waals surface area (Å²) in [4.78, 5) is 2.07. The van der Waals surface area contributed by atoms with Gasteiger partial charge in [-0.3, -0.25) is 0 Å².